The van der Waals surface area contributed by atoms with Crippen LogP contribution in [-0.4, -0.2) is 41.6 Å². The van der Waals surface area contributed by atoms with Gasteiger partial charge in [-0.2, -0.15) is 0 Å². The third kappa shape index (κ3) is 5.79. The summed E-state index contributed by atoms with van der Waals surface area (Å²) in [6.07, 6.45) is 3.08. The van der Waals surface area contributed by atoms with Crippen LogP contribution in [0.3, 0.4) is 0 Å². The monoisotopic (exact) mass is 456 g/mol. The van der Waals surface area contributed by atoms with Crippen molar-refractivity contribution >= 4 is 46.3 Å². The smallest absolute Gasteiger partial charge is 0.338 e. The zero-order valence-electron chi connectivity index (χ0n) is 17.6. The first-order chi connectivity index (χ1) is 15.4. The fraction of sp³-hybridized carbons (Fsp3) is 0.318. The highest BCUT2D eigenvalue weighted by atomic mass is 32.1. The zero-order valence-corrected chi connectivity index (χ0v) is 18.4. The predicted molar refractivity (Wildman–Crippen MR) is 125 cm³/mol. The van der Waals surface area contributed by atoms with E-state index >= 15 is 0 Å². The number of nitrogens with zero attached hydrogens (tertiary/aromatic N) is 2. The number of nitrogens with one attached hydrogen (secondary N) is 2. The van der Waals surface area contributed by atoms with Gasteiger partial charge in [0.2, 0.25) is 0 Å². The molecular formula is C22H24N4O5S. The number of benzene rings is 2. The maximum atomic E-state index is 12.6. The molecule has 1 heterocycles. The molecule has 10 heteroatoms. The molecule has 0 aromatic heterocycles. The van der Waals surface area contributed by atoms with Crippen LogP contribution in [0.15, 0.2) is 42.5 Å². The topological polar surface area (TPSA) is 114 Å². The van der Waals surface area contributed by atoms with Crippen molar-refractivity contribution in [1.82, 2.24) is 5.32 Å². The van der Waals surface area contributed by atoms with Crippen molar-refractivity contribution in [2.75, 3.05) is 29.9 Å². The average molecular weight is 457 g/mol. The van der Waals surface area contributed by atoms with Crippen LogP contribution in [0.25, 0.3) is 0 Å². The number of amides is 1. The van der Waals surface area contributed by atoms with Crippen molar-refractivity contribution in [2.24, 2.45) is 0 Å². The summed E-state index contributed by atoms with van der Waals surface area (Å²) in [5, 5.41) is 17.0. The Morgan fingerprint density at radius 1 is 1.09 bits per heavy atom. The summed E-state index contributed by atoms with van der Waals surface area (Å²) in [5.74, 6) is -0.983. The second-order valence-corrected chi connectivity index (χ2v) is 7.62. The Kier molecular flexibility index (Phi) is 7.72. The van der Waals surface area contributed by atoms with Gasteiger partial charge in [-0.3, -0.25) is 20.2 Å². The number of piperidine rings is 1. The minimum absolute atomic E-state index is 0.0293. The first kappa shape index (κ1) is 23.1. The first-order valence-corrected chi connectivity index (χ1v) is 10.7. The molecule has 0 unspecified atom stereocenters. The number of nitro groups is 1. The van der Waals surface area contributed by atoms with E-state index in [0.29, 0.717) is 16.9 Å². The van der Waals surface area contributed by atoms with E-state index in [0.717, 1.165) is 32.4 Å². The van der Waals surface area contributed by atoms with E-state index in [2.05, 4.69) is 10.6 Å². The van der Waals surface area contributed by atoms with Gasteiger partial charge in [0.15, 0.2) is 5.11 Å². The Morgan fingerprint density at radius 2 is 1.75 bits per heavy atom. The molecule has 0 bridgehead atoms. The van der Waals surface area contributed by atoms with Gasteiger partial charge >= 0.3 is 5.97 Å². The van der Waals surface area contributed by atoms with Gasteiger partial charge in [0.05, 0.1) is 17.1 Å². The lowest BCUT2D eigenvalue weighted by molar-refractivity contribution is -0.384. The largest absolute Gasteiger partial charge is 0.462 e. The SMILES string of the molecule is CCOC(=O)c1ccc(NC(=S)NC(=O)c2ccc(N3CCCCC3)c([N+](=O)[O-])c2)cc1. The second-order valence-electron chi connectivity index (χ2n) is 7.21. The van der Waals surface area contributed by atoms with Gasteiger partial charge < -0.3 is 15.0 Å². The molecule has 0 saturated carbocycles. The number of hydrogen-bond donors (Lipinski definition) is 2. The summed E-state index contributed by atoms with van der Waals surface area (Å²) in [6.45, 7) is 3.53. The maximum absolute atomic E-state index is 12.6. The third-order valence-electron chi connectivity index (χ3n) is 5.01. The lowest BCUT2D eigenvalue weighted by atomic mass is 10.1. The molecule has 9 nitrogen and oxygen atoms in total. The molecule has 0 radical (unpaired) electrons. The van der Waals surface area contributed by atoms with E-state index in [4.69, 9.17) is 17.0 Å². The number of carbonyl (C=O) groups is 2. The molecule has 168 valence electrons. The van der Waals surface area contributed by atoms with Gasteiger partial charge in [-0.1, -0.05) is 0 Å². The Morgan fingerprint density at radius 3 is 2.38 bits per heavy atom. The predicted octanol–water partition coefficient (Wildman–Crippen LogP) is 3.89. The normalized spacial score (nSPS) is 13.2. The zero-order chi connectivity index (χ0) is 23.1. The minimum atomic E-state index is -0.557. The summed E-state index contributed by atoms with van der Waals surface area (Å²) < 4.78 is 4.93. The standard InChI is InChI=1S/C22H24N4O5S/c1-2-31-21(28)15-6-9-17(10-7-15)23-22(32)24-20(27)16-8-11-18(19(14-16)26(29)30)25-12-4-3-5-13-25/h6-11,14H,2-5,12-13H2,1H3,(H2,23,24,27,32). The van der Waals surface area contributed by atoms with Crippen molar-refractivity contribution in [1.29, 1.82) is 0 Å². The highest BCUT2D eigenvalue weighted by Crippen LogP contribution is 2.31. The second kappa shape index (κ2) is 10.7. The molecular weight excluding hydrogens is 432 g/mol. The average Bonchev–Trinajstić information content (AvgIpc) is 2.79. The summed E-state index contributed by atoms with van der Waals surface area (Å²) in [5.41, 5.74) is 1.52. The van der Waals surface area contributed by atoms with Crippen LogP contribution in [0.1, 0.15) is 46.9 Å². The van der Waals surface area contributed by atoms with Crippen molar-refractivity contribution < 1.29 is 19.2 Å². The lowest BCUT2D eigenvalue weighted by Crippen LogP contribution is -2.34. The third-order valence-corrected chi connectivity index (χ3v) is 5.22. The van der Waals surface area contributed by atoms with Crippen LogP contribution in [0.4, 0.5) is 17.1 Å². The van der Waals surface area contributed by atoms with Crippen LogP contribution >= 0.6 is 12.2 Å². The molecule has 32 heavy (non-hydrogen) atoms. The van der Waals surface area contributed by atoms with Gasteiger partial charge in [-0.05, 0) is 74.8 Å². The number of thiocarbonyl (C=S) groups is 1. The van der Waals surface area contributed by atoms with Crippen molar-refractivity contribution in [3.05, 3.63) is 63.7 Å². The van der Waals surface area contributed by atoms with E-state index in [1.54, 1.807) is 43.3 Å². The van der Waals surface area contributed by atoms with Gasteiger partial charge in [0.25, 0.3) is 11.6 Å². The molecule has 2 aromatic carbocycles. The Bertz CT molecular complexity index is 1020. The maximum Gasteiger partial charge on any atom is 0.338 e. The van der Waals surface area contributed by atoms with Crippen LogP contribution in [-0.2, 0) is 4.74 Å². The summed E-state index contributed by atoms with van der Waals surface area (Å²) >= 11 is 5.17. The number of carbonyl (C=O) groups excluding carboxylic acids is 2. The van der Waals surface area contributed by atoms with E-state index < -0.39 is 16.8 Å². The first-order valence-electron chi connectivity index (χ1n) is 10.3. The van der Waals surface area contributed by atoms with Gasteiger partial charge in [0.1, 0.15) is 5.69 Å². The fourth-order valence-corrected chi connectivity index (χ4v) is 3.67. The van der Waals surface area contributed by atoms with E-state index in [1.165, 1.54) is 6.07 Å². The number of nitro benzene ring substituents is 1. The molecule has 2 N–H and O–H groups in total. The molecule has 0 aliphatic carbocycles. The molecule has 2 aromatic rings. The van der Waals surface area contributed by atoms with E-state index in [-0.39, 0.29) is 23.0 Å². The van der Waals surface area contributed by atoms with Gasteiger partial charge in [-0.15, -0.1) is 0 Å². The van der Waals surface area contributed by atoms with Crippen LogP contribution in [0.5, 0.6) is 0 Å². The van der Waals surface area contributed by atoms with Crippen LogP contribution in [0.2, 0.25) is 0 Å². The molecule has 1 saturated heterocycles. The number of hydrogen-bond acceptors (Lipinski definition) is 7. The number of rotatable bonds is 6. The molecule has 1 fully saturated rings. The van der Waals surface area contributed by atoms with Crippen molar-refractivity contribution in [3.63, 3.8) is 0 Å². The Balaban J connectivity index is 1.65. The summed E-state index contributed by atoms with van der Waals surface area (Å²) in [6, 6.07) is 10.9. The minimum Gasteiger partial charge on any atom is -0.462 e. The number of anilines is 2. The van der Waals surface area contributed by atoms with Crippen molar-refractivity contribution in [2.45, 2.75) is 26.2 Å². The van der Waals surface area contributed by atoms with E-state index in [9.17, 15) is 19.7 Å². The quantitative estimate of drug-likeness (QED) is 0.291. The summed E-state index contributed by atoms with van der Waals surface area (Å²) in [7, 11) is 0. The fourth-order valence-electron chi connectivity index (χ4n) is 3.45. The highest BCUT2D eigenvalue weighted by molar-refractivity contribution is 7.80. The highest BCUT2D eigenvalue weighted by Gasteiger charge is 2.23. The molecule has 1 aliphatic rings. The number of ether oxygens (including phenoxy) is 1. The lowest BCUT2D eigenvalue weighted by Gasteiger charge is -2.28. The molecule has 0 atom stereocenters. The molecule has 1 amide bonds. The summed E-state index contributed by atoms with van der Waals surface area (Å²) in [4.78, 5) is 37.4. The Labute approximate surface area is 190 Å². The molecule has 3 rings (SSSR count). The van der Waals surface area contributed by atoms with E-state index in [1.807, 2.05) is 4.90 Å². The Hall–Kier alpha value is -3.53. The molecule has 1 aliphatic heterocycles. The number of esters is 1. The van der Waals surface area contributed by atoms with Crippen LogP contribution in [0, 0.1) is 10.1 Å². The molecule has 0 spiro atoms. The van der Waals surface area contributed by atoms with Crippen LogP contribution < -0.4 is 15.5 Å². The van der Waals surface area contributed by atoms with Gasteiger partial charge in [0, 0.05) is 30.4 Å². The van der Waals surface area contributed by atoms with Gasteiger partial charge in [-0.25, -0.2) is 4.79 Å². The van der Waals surface area contributed by atoms with Crippen molar-refractivity contribution in [3.8, 4) is 0 Å².